The van der Waals surface area contributed by atoms with E-state index in [2.05, 4.69) is 11.1 Å². The maximum atomic E-state index is 5.24. The van der Waals surface area contributed by atoms with E-state index in [0.29, 0.717) is 0 Å². The van der Waals surface area contributed by atoms with Crippen LogP contribution in [0.5, 0.6) is 5.75 Å². The number of aromatic nitrogens is 1. The summed E-state index contributed by atoms with van der Waals surface area (Å²) in [6.07, 6.45) is 3.68. The zero-order valence-electron chi connectivity index (χ0n) is 7.37. The molecule has 0 saturated heterocycles. The van der Waals surface area contributed by atoms with Gasteiger partial charge in [0.2, 0.25) is 0 Å². The summed E-state index contributed by atoms with van der Waals surface area (Å²) in [5, 5.41) is 0. The lowest BCUT2D eigenvalue weighted by atomic mass is 10.1. The highest BCUT2D eigenvalue weighted by molar-refractivity contribution is 5.69. The summed E-state index contributed by atoms with van der Waals surface area (Å²) in [5.41, 5.74) is 2.09. The number of hydrogen-bond acceptors (Lipinski definition) is 1. The molecule has 0 unspecified atom stereocenters. The van der Waals surface area contributed by atoms with Gasteiger partial charge < -0.3 is 9.72 Å². The maximum Gasteiger partial charge on any atom is 0.126 e. The van der Waals surface area contributed by atoms with E-state index in [1.165, 1.54) is 0 Å². The lowest BCUT2D eigenvalue weighted by Crippen LogP contribution is -1.85. The molecule has 0 amide bonds. The van der Waals surface area contributed by atoms with Crippen molar-refractivity contribution in [1.29, 1.82) is 0 Å². The molecule has 0 bridgehead atoms. The van der Waals surface area contributed by atoms with Crippen LogP contribution in [0.15, 0.2) is 36.7 Å². The van der Waals surface area contributed by atoms with Gasteiger partial charge in [0, 0.05) is 29.6 Å². The van der Waals surface area contributed by atoms with Gasteiger partial charge in [-0.25, -0.2) is 0 Å². The van der Waals surface area contributed by atoms with E-state index in [1.54, 1.807) is 13.3 Å². The Morgan fingerprint density at radius 1 is 1.31 bits per heavy atom. The van der Waals surface area contributed by atoms with Crippen molar-refractivity contribution in [3.05, 3.63) is 42.7 Å². The van der Waals surface area contributed by atoms with E-state index >= 15 is 0 Å². The summed E-state index contributed by atoms with van der Waals surface area (Å²) in [6.45, 7) is 0. The highest BCUT2D eigenvalue weighted by Crippen LogP contribution is 2.28. The van der Waals surface area contributed by atoms with Crippen molar-refractivity contribution in [3.8, 4) is 16.9 Å². The number of methoxy groups -OCH3 is 1. The van der Waals surface area contributed by atoms with E-state index in [1.807, 2.05) is 30.5 Å². The Morgan fingerprint density at radius 2 is 2.15 bits per heavy atom. The number of rotatable bonds is 2. The van der Waals surface area contributed by atoms with Gasteiger partial charge in [0.1, 0.15) is 5.75 Å². The Balaban J connectivity index is 2.51. The van der Waals surface area contributed by atoms with Crippen LogP contribution in [0, 0.1) is 6.07 Å². The van der Waals surface area contributed by atoms with Gasteiger partial charge in [-0.05, 0) is 6.07 Å². The Morgan fingerprint density at radius 3 is 2.85 bits per heavy atom. The Kier molecular flexibility index (Phi) is 2.04. The minimum Gasteiger partial charge on any atom is -0.496 e. The number of benzene rings is 1. The molecule has 13 heavy (non-hydrogen) atoms. The van der Waals surface area contributed by atoms with Crippen molar-refractivity contribution < 1.29 is 4.74 Å². The third kappa shape index (κ3) is 1.43. The van der Waals surface area contributed by atoms with Gasteiger partial charge >= 0.3 is 0 Å². The molecule has 0 aliphatic rings. The third-order valence-corrected chi connectivity index (χ3v) is 1.94. The molecule has 1 N–H and O–H groups in total. The Hall–Kier alpha value is -1.70. The highest BCUT2D eigenvalue weighted by atomic mass is 16.5. The number of ether oxygens (including phenoxy) is 1. The van der Waals surface area contributed by atoms with Gasteiger partial charge in [-0.15, -0.1) is 0 Å². The standard InChI is InChI=1S/C11H10NO/c1-13-11-5-3-2-4-10(11)9-6-7-12-8-9/h2-5,7-8,12H,1H3. The molecule has 0 aliphatic carbocycles. The largest absolute Gasteiger partial charge is 0.496 e. The number of hydrogen-bond donors (Lipinski definition) is 1. The molecule has 1 aromatic carbocycles. The lowest BCUT2D eigenvalue weighted by Gasteiger charge is -2.05. The monoisotopic (exact) mass is 172 g/mol. The molecule has 0 atom stereocenters. The fraction of sp³-hybridized carbons (Fsp3) is 0.0909. The summed E-state index contributed by atoms with van der Waals surface area (Å²) in [6, 6.07) is 11.0. The first-order valence-electron chi connectivity index (χ1n) is 4.09. The van der Waals surface area contributed by atoms with Gasteiger partial charge in [0.25, 0.3) is 0 Å². The average molecular weight is 172 g/mol. The molecule has 0 aliphatic heterocycles. The van der Waals surface area contributed by atoms with Crippen molar-refractivity contribution in [2.24, 2.45) is 0 Å². The molecule has 1 aromatic heterocycles. The average Bonchev–Trinajstić information content (AvgIpc) is 2.70. The summed E-state index contributed by atoms with van der Waals surface area (Å²) in [5.74, 6) is 0.873. The second-order valence-electron chi connectivity index (χ2n) is 2.71. The SMILES string of the molecule is COc1ccccc1-c1[c]c[nH]c1. The van der Waals surface area contributed by atoms with Crippen molar-refractivity contribution >= 4 is 0 Å². The summed E-state index contributed by atoms with van der Waals surface area (Å²) in [4.78, 5) is 2.97. The first-order chi connectivity index (χ1) is 6.42. The zero-order chi connectivity index (χ0) is 9.10. The number of aromatic amines is 1. The highest BCUT2D eigenvalue weighted by Gasteiger charge is 2.03. The smallest absolute Gasteiger partial charge is 0.126 e. The van der Waals surface area contributed by atoms with E-state index in [-0.39, 0.29) is 0 Å². The summed E-state index contributed by atoms with van der Waals surface area (Å²) < 4.78 is 5.24. The van der Waals surface area contributed by atoms with E-state index in [9.17, 15) is 0 Å². The van der Waals surface area contributed by atoms with Crippen molar-refractivity contribution in [3.63, 3.8) is 0 Å². The zero-order valence-corrected chi connectivity index (χ0v) is 7.37. The Bertz CT molecular complexity index is 379. The van der Waals surface area contributed by atoms with Gasteiger partial charge in [-0.1, -0.05) is 18.2 Å². The van der Waals surface area contributed by atoms with Crippen LogP contribution in [0.1, 0.15) is 0 Å². The van der Waals surface area contributed by atoms with Gasteiger partial charge in [0.05, 0.1) is 7.11 Å². The maximum absolute atomic E-state index is 5.24. The van der Waals surface area contributed by atoms with E-state index in [4.69, 9.17) is 4.74 Å². The molecule has 2 heteroatoms. The second-order valence-corrected chi connectivity index (χ2v) is 2.71. The van der Waals surface area contributed by atoms with Gasteiger partial charge in [-0.2, -0.15) is 0 Å². The first-order valence-corrected chi connectivity index (χ1v) is 4.09. The number of nitrogens with one attached hydrogen (secondary N) is 1. The van der Waals surface area contributed by atoms with E-state index < -0.39 is 0 Å². The molecule has 2 rings (SSSR count). The molecular formula is C11H10NO. The molecule has 2 aromatic rings. The van der Waals surface area contributed by atoms with Crippen molar-refractivity contribution in [2.75, 3.05) is 7.11 Å². The summed E-state index contributed by atoms with van der Waals surface area (Å²) in [7, 11) is 1.67. The predicted molar refractivity (Wildman–Crippen MR) is 51.6 cm³/mol. The van der Waals surface area contributed by atoms with Crippen LogP contribution in [-0.2, 0) is 0 Å². The predicted octanol–water partition coefficient (Wildman–Crippen LogP) is 2.49. The minimum absolute atomic E-state index is 0.873. The molecule has 65 valence electrons. The molecule has 0 spiro atoms. The van der Waals surface area contributed by atoms with E-state index in [0.717, 1.165) is 16.9 Å². The second kappa shape index (κ2) is 3.35. The molecule has 2 nitrogen and oxygen atoms in total. The summed E-state index contributed by atoms with van der Waals surface area (Å²) >= 11 is 0. The minimum atomic E-state index is 0.873. The van der Waals surface area contributed by atoms with Crippen LogP contribution in [-0.4, -0.2) is 12.1 Å². The van der Waals surface area contributed by atoms with Gasteiger partial charge in [-0.3, -0.25) is 0 Å². The van der Waals surface area contributed by atoms with Crippen LogP contribution in [0.3, 0.4) is 0 Å². The van der Waals surface area contributed by atoms with Crippen LogP contribution in [0.4, 0.5) is 0 Å². The normalized spacial score (nSPS) is 9.92. The quantitative estimate of drug-likeness (QED) is 0.739. The van der Waals surface area contributed by atoms with Crippen LogP contribution in [0.2, 0.25) is 0 Å². The number of H-pyrrole nitrogens is 1. The van der Waals surface area contributed by atoms with Crippen LogP contribution in [0.25, 0.3) is 11.1 Å². The topological polar surface area (TPSA) is 25.0 Å². The van der Waals surface area contributed by atoms with Crippen molar-refractivity contribution in [2.45, 2.75) is 0 Å². The van der Waals surface area contributed by atoms with Gasteiger partial charge in [0.15, 0.2) is 0 Å². The van der Waals surface area contributed by atoms with Crippen molar-refractivity contribution in [1.82, 2.24) is 4.98 Å². The molecule has 0 saturated carbocycles. The molecular weight excluding hydrogens is 162 g/mol. The fourth-order valence-electron chi connectivity index (χ4n) is 1.31. The Labute approximate surface area is 77.2 Å². The first kappa shape index (κ1) is 7.92. The molecule has 1 heterocycles. The fourth-order valence-corrected chi connectivity index (χ4v) is 1.31. The van der Waals surface area contributed by atoms with Crippen LogP contribution < -0.4 is 4.74 Å². The lowest BCUT2D eigenvalue weighted by molar-refractivity contribution is 0.416. The third-order valence-electron chi connectivity index (χ3n) is 1.94. The number of para-hydroxylation sites is 1. The van der Waals surface area contributed by atoms with Crippen LogP contribution >= 0.6 is 0 Å². The molecule has 1 radical (unpaired) electrons. The molecule has 0 fully saturated rings.